The topological polar surface area (TPSA) is 80.2 Å². The number of nitrogens with one attached hydrogen (secondary N) is 1. The number of fused-ring (bicyclic) bond motifs is 1. The highest BCUT2D eigenvalue weighted by Gasteiger charge is 2.28. The third-order valence-electron chi connectivity index (χ3n) is 6.11. The van der Waals surface area contributed by atoms with Crippen molar-refractivity contribution < 1.29 is 9.53 Å². The molecule has 1 N–H and O–H groups in total. The van der Waals surface area contributed by atoms with Crippen LogP contribution in [0.4, 0.5) is 11.5 Å². The lowest BCUT2D eigenvalue weighted by molar-refractivity contribution is -0.120. The van der Waals surface area contributed by atoms with Crippen molar-refractivity contribution in [2.45, 2.75) is 33.3 Å². The van der Waals surface area contributed by atoms with E-state index in [2.05, 4.69) is 39.0 Å². The number of anilines is 2. The van der Waals surface area contributed by atoms with Crippen LogP contribution < -0.4 is 15.0 Å². The van der Waals surface area contributed by atoms with Crippen LogP contribution >= 0.6 is 22.7 Å². The summed E-state index contributed by atoms with van der Waals surface area (Å²) in [7, 11) is 0. The minimum absolute atomic E-state index is 0.0368. The average Bonchev–Trinajstić information content (AvgIpc) is 3.46. The second kappa shape index (κ2) is 9.44. The number of thiazole rings is 1. The molecule has 4 aromatic rings. The van der Waals surface area contributed by atoms with Gasteiger partial charge in [0.1, 0.15) is 29.3 Å². The Bertz CT molecular complexity index is 1260. The van der Waals surface area contributed by atoms with Crippen molar-refractivity contribution in [2.75, 3.05) is 23.3 Å². The first-order valence-electron chi connectivity index (χ1n) is 11.0. The van der Waals surface area contributed by atoms with Gasteiger partial charge in [0, 0.05) is 29.3 Å². The van der Waals surface area contributed by atoms with Crippen molar-refractivity contribution in [3.63, 3.8) is 0 Å². The molecule has 1 amide bonds. The van der Waals surface area contributed by atoms with E-state index in [1.807, 2.05) is 29.6 Å². The SMILES string of the molecule is Cc1sc2ncnc(N3CCC(C(=O)Nc4ccccc4OCc4cscn4)CC3)c2c1C. The molecular weight excluding hydrogens is 454 g/mol. The number of ether oxygens (including phenoxy) is 1. The van der Waals surface area contributed by atoms with Crippen molar-refractivity contribution in [3.8, 4) is 5.75 Å². The van der Waals surface area contributed by atoms with E-state index in [1.54, 1.807) is 23.2 Å². The summed E-state index contributed by atoms with van der Waals surface area (Å²) in [5.41, 5.74) is 4.61. The van der Waals surface area contributed by atoms with E-state index in [9.17, 15) is 4.79 Å². The Labute approximate surface area is 200 Å². The van der Waals surface area contributed by atoms with Gasteiger partial charge in [-0.05, 0) is 44.4 Å². The highest BCUT2D eigenvalue weighted by Crippen LogP contribution is 2.36. The summed E-state index contributed by atoms with van der Waals surface area (Å²) in [6, 6.07) is 7.55. The summed E-state index contributed by atoms with van der Waals surface area (Å²) >= 11 is 3.25. The van der Waals surface area contributed by atoms with Crippen LogP contribution in [0.15, 0.2) is 41.5 Å². The molecule has 33 heavy (non-hydrogen) atoms. The second-order valence-electron chi connectivity index (χ2n) is 8.18. The lowest BCUT2D eigenvalue weighted by Crippen LogP contribution is -2.38. The van der Waals surface area contributed by atoms with Crippen molar-refractivity contribution >= 4 is 50.3 Å². The molecule has 0 aliphatic carbocycles. The van der Waals surface area contributed by atoms with Gasteiger partial charge in [-0.3, -0.25) is 4.79 Å². The first-order valence-corrected chi connectivity index (χ1v) is 12.7. The van der Waals surface area contributed by atoms with Crippen molar-refractivity contribution in [3.05, 3.63) is 57.6 Å². The summed E-state index contributed by atoms with van der Waals surface area (Å²) in [5.74, 6) is 1.63. The molecule has 1 saturated heterocycles. The van der Waals surface area contributed by atoms with E-state index in [4.69, 9.17) is 4.74 Å². The number of para-hydroxylation sites is 2. The Balaban J connectivity index is 1.23. The molecule has 9 heteroatoms. The maximum absolute atomic E-state index is 13.0. The molecule has 170 valence electrons. The van der Waals surface area contributed by atoms with E-state index in [0.29, 0.717) is 18.0 Å². The van der Waals surface area contributed by atoms with Gasteiger partial charge in [-0.25, -0.2) is 15.0 Å². The molecule has 4 heterocycles. The zero-order valence-electron chi connectivity index (χ0n) is 18.6. The summed E-state index contributed by atoms with van der Waals surface area (Å²) in [5, 5.41) is 6.19. The number of piperidine rings is 1. The molecule has 0 atom stereocenters. The van der Waals surface area contributed by atoms with Gasteiger partial charge < -0.3 is 15.0 Å². The maximum Gasteiger partial charge on any atom is 0.227 e. The van der Waals surface area contributed by atoms with Crippen LogP contribution in [0.3, 0.4) is 0 Å². The van der Waals surface area contributed by atoms with Crippen LogP contribution in [0, 0.1) is 19.8 Å². The largest absolute Gasteiger partial charge is 0.485 e. The first kappa shape index (κ1) is 21.8. The summed E-state index contributed by atoms with van der Waals surface area (Å²) in [4.78, 5) is 30.9. The van der Waals surface area contributed by atoms with E-state index in [0.717, 1.165) is 47.7 Å². The molecule has 1 aliphatic heterocycles. The van der Waals surface area contributed by atoms with Crippen LogP contribution in [-0.2, 0) is 11.4 Å². The number of carbonyl (C=O) groups excluding carboxylic acids is 1. The highest BCUT2D eigenvalue weighted by molar-refractivity contribution is 7.18. The maximum atomic E-state index is 13.0. The fourth-order valence-corrected chi connectivity index (χ4v) is 5.68. The lowest BCUT2D eigenvalue weighted by Gasteiger charge is -2.32. The molecule has 0 bridgehead atoms. The number of aromatic nitrogens is 3. The Morgan fingerprint density at radius 2 is 2.00 bits per heavy atom. The van der Waals surface area contributed by atoms with Gasteiger partial charge in [0.2, 0.25) is 5.91 Å². The van der Waals surface area contributed by atoms with Crippen LogP contribution in [-0.4, -0.2) is 33.9 Å². The first-order chi connectivity index (χ1) is 16.1. The summed E-state index contributed by atoms with van der Waals surface area (Å²) in [6.45, 7) is 6.22. The average molecular weight is 480 g/mol. The van der Waals surface area contributed by atoms with Crippen molar-refractivity contribution in [1.82, 2.24) is 15.0 Å². The van der Waals surface area contributed by atoms with Gasteiger partial charge in [0.25, 0.3) is 0 Å². The zero-order valence-corrected chi connectivity index (χ0v) is 20.2. The molecule has 0 unspecified atom stereocenters. The van der Waals surface area contributed by atoms with Crippen LogP contribution in [0.5, 0.6) is 5.75 Å². The monoisotopic (exact) mass is 479 g/mol. The summed E-state index contributed by atoms with van der Waals surface area (Å²) in [6.07, 6.45) is 3.21. The smallest absolute Gasteiger partial charge is 0.227 e. The van der Waals surface area contributed by atoms with E-state index in [1.165, 1.54) is 21.8 Å². The minimum atomic E-state index is -0.0458. The van der Waals surface area contributed by atoms with Gasteiger partial charge in [-0.1, -0.05) is 12.1 Å². The van der Waals surface area contributed by atoms with Gasteiger partial charge in [0.15, 0.2) is 0 Å². The molecule has 0 spiro atoms. The number of thiophene rings is 1. The molecule has 0 saturated carbocycles. The molecule has 5 rings (SSSR count). The number of rotatable bonds is 6. The number of amides is 1. The van der Waals surface area contributed by atoms with E-state index >= 15 is 0 Å². The fourth-order valence-electron chi connectivity index (χ4n) is 4.15. The number of aryl methyl sites for hydroxylation is 2. The third-order valence-corrected chi connectivity index (χ3v) is 7.87. The van der Waals surface area contributed by atoms with Crippen molar-refractivity contribution in [2.24, 2.45) is 5.92 Å². The standard InChI is InChI=1S/C24H25N5O2S2/c1-15-16(2)33-24-21(15)22(25-13-26-24)29-9-7-17(8-10-29)23(30)28-19-5-3-4-6-20(19)31-11-18-12-32-14-27-18/h3-6,12-14,17H,7-11H2,1-2H3,(H,28,30). The highest BCUT2D eigenvalue weighted by atomic mass is 32.1. The zero-order chi connectivity index (χ0) is 22.8. The molecule has 1 aliphatic rings. The summed E-state index contributed by atoms with van der Waals surface area (Å²) < 4.78 is 5.91. The normalized spacial score (nSPS) is 14.5. The predicted octanol–water partition coefficient (Wildman–Crippen LogP) is 5.20. The molecule has 1 fully saturated rings. The van der Waals surface area contributed by atoms with Crippen molar-refractivity contribution in [1.29, 1.82) is 0 Å². The minimum Gasteiger partial charge on any atom is -0.485 e. The molecule has 3 aromatic heterocycles. The number of hydrogen-bond donors (Lipinski definition) is 1. The molecule has 1 aromatic carbocycles. The number of nitrogens with zero attached hydrogens (tertiary/aromatic N) is 4. The molecular formula is C24H25N5O2S2. The Kier molecular flexibility index (Phi) is 6.24. The second-order valence-corrected chi connectivity index (χ2v) is 10.1. The Hall–Kier alpha value is -3.04. The molecule has 7 nitrogen and oxygen atoms in total. The van der Waals surface area contributed by atoms with Gasteiger partial charge in [0.05, 0.1) is 22.3 Å². The van der Waals surface area contributed by atoms with Gasteiger partial charge in [-0.2, -0.15) is 0 Å². The van der Waals surface area contributed by atoms with E-state index in [-0.39, 0.29) is 11.8 Å². The number of hydrogen-bond acceptors (Lipinski definition) is 8. The van der Waals surface area contributed by atoms with Gasteiger partial charge >= 0.3 is 0 Å². The van der Waals surface area contributed by atoms with Crippen LogP contribution in [0.2, 0.25) is 0 Å². The third kappa shape index (κ3) is 4.56. The van der Waals surface area contributed by atoms with Crippen LogP contribution in [0.1, 0.15) is 29.0 Å². The van der Waals surface area contributed by atoms with E-state index < -0.39 is 0 Å². The lowest BCUT2D eigenvalue weighted by atomic mass is 9.95. The Morgan fingerprint density at radius 3 is 2.79 bits per heavy atom. The quantitative estimate of drug-likeness (QED) is 0.409. The number of carbonyl (C=O) groups is 1. The fraction of sp³-hybridized carbons (Fsp3) is 0.333. The number of benzene rings is 1. The van der Waals surface area contributed by atoms with Crippen LogP contribution in [0.25, 0.3) is 10.2 Å². The predicted molar refractivity (Wildman–Crippen MR) is 133 cm³/mol. The Morgan fingerprint density at radius 1 is 1.18 bits per heavy atom. The molecule has 0 radical (unpaired) electrons. The van der Waals surface area contributed by atoms with Gasteiger partial charge in [-0.15, -0.1) is 22.7 Å².